The molecule has 1 N–H and O–H groups in total. The van der Waals surface area contributed by atoms with Crippen LogP contribution < -0.4 is 5.56 Å². The van der Waals surface area contributed by atoms with Gasteiger partial charge in [0.2, 0.25) is 0 Å². The molecule has 0 aliphatic carbocycles. The van der Waals surface area contributed by atoms with Gasteiger partial charge in [-0.25, -0.2) is 15.0 Å². The SMILES string of the molecule is COCc1nc(-c2ccnc(C)n2)[nH]c(=O)c1I. The van der Waals surface area contributed by atoms with Crippen molar-refractivity contribution >= 4 is 22.6 Å². The van der Waals surface area contributed by atoms with E-state index in [0.29, 0.717) is 33.2 Å². The highest BCUT2D eigenvalue weighted by atomic mass is 127. The molecule has 0 saturated heterocycles. The van der Waals surface area contributed by atoms with E-state index in [1.807, 2.05) is 22.6 Å². The maximum Gasteiger partial charge on any atom is 0.265 e. The molecule has 7 heteroatoms. The summed E-state index contributed by atoms with van der Waals surface area (Å²) in [5.74, 6) is 1.06. The smallest absolute Gasteiger partial charge is 0.265 e. The Hall–Kier alpha value is -1.35. The van der Waals surface area contributed by atoms with Crippen LogP contribution in [0.1, 0.15) is 11.5 Å². The van der Waals surface area contributed by atoms with Crippen molar-refractivity contribution in [1.82, 2.24) is 19.9 Å². The minimum Gasteiger partial charge on any atom is -0.378 e. The zero-order chi connectivity index (χ0) is 13.1. The minimum absolute atomic E-state index is 0.191. The summed E-state index contributed by atoms with van der Waals surface area (Å²) in [7, 11) is 1.56. The highest BCUT2D eigenvalue weighted by molar-refractivity contribution is 14.1. The predicted molar refractivity (Wildman–Crippen MR) is 74.1 cm³/mol. The molecule has 0 aromatic carbocycles. The Morgan fingerprint density at radius 1 is 1.44 bits per heavy atom. The number of nitrogens with zero attached hydrogens (tertiary/aromatic N) is 3. The van der Waals surface area contributed by atoms with Crippen molar-refractivity contribution in [3.63, 3.8) is 0 Å². The van der Waals surface area contributed by atoms with Crippen LogP contribution in [0.25, 0.3) is 11.5 Å². The van der Waals surface area contributed by atoms with E-state index in [9.17, 15) is 4.79 Å². The monoisotopic (exact) mass is 358 g/mol. The molecule has 6 nitrogen and oxygen atoms in total. The maximum absolute atomic E-state index is 11.8. The van der Waals surface area contributed by atoms with E-state index in [0.717, 1.165) is 0 Å². The van der Waals surface area contributed by atoms with Gasteiger partial charge in [0.1, 0.15) is 15.1 Å². The third kappa shape index (κ3) is 2.72. The lowest BCUT2D eigenvalue weighted by molar-refractivity contribution is 0.180. The summed E-state index contributed by atoms with van der Waals surface area (Å²) in [6, 6.07) is 1.70. The summed E-state index contributed by atoms with van der Waals surface area (Å²) in [5.41, 5.74) is 1.00. The van der Waals surface area contributed by atoms with E-state index >= 15 is 0 Å². The largest absolute Gasteiger partial charge is 0.378 e. The quantitative estimate of drug-likeness (QED) is 0.837. The highest BCUT2D eigenvalue weighted by Crippen LogP contribution is 2.13. The number of methoxy groups -OCH3 is 1. The van der Waals surface area contributed by atoms with Gasteiger partial charge in [0.25, 0.3) is 5.56 Å². The number of hydrogen-bond acceptors (Lipinski definition) is 5. The van der Waals surface area contributed by atoms with Crippen LogP contribution >= 0.6 is 22.6 Å². The molecule has 0 fully saturated rings. The molecule has 0 aliphatic rings. The van der Waals surface area contributed by atoms with Crippen LogP contribution in [0.3, 0.4) is 0 Å². The fourth-order valence-electron chi connectivity index (χ4n) is 1.45. The lowest BCUT2D eigenvalue weighted by atomic mass is 10.3. The molecule has 2 aromatic heterocycles. The number of nitrogens with one attached hydrogen (secondary N) is 1. The summed E-state index contributed by atoms with van der Waals surface area (Å²) in [6.45, 7) is 2.07. The molecule has 0 radical (unpaired) electrons. The second kappa shape index (κ2) is 5.53. The first-order valence-electron chi connectivity index (χ1n) is 5.19. The van der Waals surface area contributed by atoms with Crippen molar-refractivity contribution in [3.05, 3.63) is 37.7 Å². The Morgan fingerprint density at radius 2 is 2.22 bits per heavy atom. The highest BCUT2D eigenvalue weighted by Gasteiger charge is 2.11. The number of hydrogen-bond donors (Lipinski definition) is 1. The normalized spacial score (nSPS) is 10.6. The van der Waals surface area contributed by atoms with Gasteiger partial charge < -0.3 is 9.72 Å². The van der Waals surface area contributed by atoms with Crippen LogP contribution in [0.5, 0.6) is 0 Å². The number of H-pyrrole nitrogens is 1. The molecule has 2 aromatic rings. The first kappa shape index (κ1) is 13.1. The number of ether oxygens (including phenoxy) is 1. The fraction of sp³-hybridized carbons (Fsp3) is 0.273. The van der Waals surface area contributed by atoms with E-state index < -0.39 is 0 Å². The van der Waals surface area contributed by atoms with Gasteiger partial charge in [-0.1, -0.05) is 0 Å². The topological polar surface area (TPSA) is 80.8 Å². The molecule has 0 aliphatic heterocycles. The molecular weight excluding hydrogens is 347 g/mol. The summed E-state index contributed by atoms with van der Waals surface area (Å²) in [5, 5.41) is 0. The Balaban J connectivity index is 2.55. The summed E-state index contributed by atoms with van der Waals surface area (Å²) >= 11 is 1.95. The van der Waals surface area contributed by atoms with Crippen LogP contribution in [0.2, 0.25) is 0 Å². The zero-order valence-corrected chi connectivity index (χ0v) is 12.1. The van der Waals surface area contributed by atoms with Crippen LogP contribution in [-0.2, 0) is 11.3 Å². The minimum atomic E-state index is -0.191. The van der Waals surface area contributed by atoms with E-state index in [4.69, 9.17) is 4.74 Å². The van der Waals surface area contributed by atoms with E-state index in [1.165, 1.54) is 0 Å². The molecule has 94 valence electrons. The van der Waals surface area contributed by atoms with Crippen molar-refractivity contribution in [2.75, 3.05) is 7.11 Å². The Bertz CT molecular complexity index is 627. The van der Waals surface area contributed by atoms with E-state index in [1.54, 1.807) is 26.3 Å². The van der Waals surface area contributed by atoms with Crippen LogP contribution in [0.15, 0.2) is 17.1 Å². The second-order valence-electron chi connectivity index (χ2n) is 3.60. The van der Waals surface area contributed by atoms with Gasteiger partial charge in [-0.15, -0.1) is 0 Å². The first-order chi connectivity index (χ1) is 8.61. The Morgan fingerprint density at radius 3 is 2.89 bits per heavy atom. The number of aromatic nitrogens is 4. The van der Waals surface area contributed by atoms with Gasteiger partial charge in [0.05, 0.1) is 12.3 Å². The molecule has 18 heavy (non-hydrogen) atoms. The number of aromatic amines is 1. The number of aryl methyl sites for hydroxylation is 1. The van der Waals surface area contributed by atoms with Crippen molar-refractivity contribution in [1.29, 1.82) is 0 Å². The van der Waals surface area contributed by atoms with Gasteiger partial charge in [-0.05, 0) is 35.6 Å². The average Bonchev–Trinajstić information content (AvgIpc) is 2.35. The van der Waals surface area contributed by atoms with Crippen LogP contribution in [-0.4, -0.2) is 27.0 Å². The summed E-state index contributed by atoms with van der Waals surface area (Å²) in [6.07, 6.45) is 1.63. The zero-order valence-electron chi connectivity index (χ0n) is 9.90. The Kier molecular flexibility index (Phi) is 4.02. The standard InChI is InChI=1S/C11H11IN4O2/c1-6-13-4-3-7(14-6)10-15-8(5-18-2)9(12)11(17)16-10/h3-4H,5H2,1-2H3,(H,15,16,17). The average molecular weight is 358 g/mol. The van der Waals surface area contributed by atoms with Gasteiger partial charge in [-0.3, -0.25) is 4.79 Å². The molecule has 2 rings (SSSR count). The van der Waals surface area contributed by atoms with Gasteiger partial charge in [0, 0.05) is 13.3 Å². The third-order valence-corrected chi connectivity index (χ3v) is 3.34. The fourth-order valence-corrected chi connectivity index (χ4v) is 1.86. The number of halogens is 1. The lowest BCUT2D eigenvalue weighted by Crippen LogP contribution is -2.17. The first-order valence-corrected chi connectivity index (χ1v) is 6.27. The van der Waals surface area contributed by atoms with Crippen molar-refractivity contribution in [2.24, 2.45) is 0 Å². The van der Waals surface area contributed by atoms with E-state index in [2.05, 4.69) is 19.9 Å². The van der Waals surface area contributed by atoms with Crippen molar-refractivity contribution < 1.29 is 4.74 Å². The molecule has 0 unspecified atom stereocenters. The van der Waals surface area contributed by atoms with Gasteiger partial charge >= 0.3 is 0 Å². The molecule has 0 spiro atoms. The lowest BCUT2D eigenvalue weighted by Gasteiger charge is -2.05. The molecule has 0 bridgehead atoms. The molecular formula is C11H11IN4O2. The van der Waals surface area contributed by atoms with Crippen molar-refractivity contribution in [3.8, 4) is 11.5 Å². The predicted octanol–water partition coefficient (Wildman–Crippen LogP) is 1.29. The van der Waals surface area contributed by atoms with E-state index in [-0.39, 0.29) is 5.56 Å². The van der Waals surface area contributed by atoms with Crippen LogP contribution in [0, 0.1) is 10.5 Å². The molecule has 0 saturated carbocycles. The third-order valence-electron chi connectivity index (χ3n) is 2.23. The maximum atomic E-state index is 11.8. The Labute approximate surface area is 117 Å². The second-order valence-corrected chi connectivity index (χ2v) is 4.68. The summed E-state index contributed by atoms with van der Waals surface area (Å²) < 4.78 is 5.56. The molecule has 2 heterocycles. The molecule has 0 atom stereocenters. The van der Waals surface area contributed by atoms with Gasteiger partial charge in [-0.2, -0.15) is 0 Å². The van der Waals surface area contributed by atoms with Gasteiger partial charge in [0.15, 0.2) is 5.82 Å². The molecule has 0 amide bonds. The number of rotatable bonds is 3. The summed E-state index contributed by atoms with van der Waals surface area (Å²) in [4.78, 5) is 27.1. The van der Waals surface area contributed by atoms with Crippen molar-refractivity contribution in [2.45, 2.75) is 13.5 Å². The van der Waals surface area contributed by atoms with Crippen LogP contribution in [0.4, 0.5) is 0 Å².